The lowest BCUT2D eigenvalue weighted by molar-refractivity contribution is 0.367. The van der Waals surface area contributed by atoms with Crippen molar-refractivity contribution in [1.29, 1.82) is 0 Å². The van der Waals surface area contributed by atoms with Crippen molar-refractivity contribution in [3.63, 3.8) is 0 Å². The zero-order chi connectivity index (χ0) is 14.0. The van der Waals surface area contributed by atoms with E-state index >= 15 is 0 Å². The van der Waals surface area contributed by atoms with Gasteiger partial charge in [-0.3, -0.25) is 0 Å². The lowest BCUT2D eigenvalue weighted by Gasteiger charge is -2.27. The summed E-state index contributed by atoms with van der Waals surface area (Å²) in [6.45, 7) is 3.89. The number of methoxy groups -OCH3 is 1. The summed E-state index contributed by atoms with van der Waals surface area (Å²) in [6.07, 6.45) is 5.44. The minimum Gasteiger partial charge on any atom is -0.504 e. The van der Waals surface area contributed by atoms with Crippen LogP contribution in [-0.2, 0) is 10.3 Å². The molecular formula is C15H19NO3. The van der Waals surface area contributed by atoms with Gasteiger partial charge in [0, 0.05) is 0 Å². The van der Waals surface area contributed by atoms with Crippen LogP contribution in [-0.4, -0.2) is 18.3 Å². The lowest BCUT2D eigenvalue weighted by atomic mass is 9.84. The predicted molar refractivity (Wildman–Crippen MR) is 72.4 cm³/mol. The molecule has 4 nitrogen and oxygen atoms in total. The Hall–Kier alpha value is -1.80. The summed E-state index contributed by atoms with van der Waals surface area (Å²) in [6, 6.07) is 1.69. The van der Waals surface area contributed by atoms with E-state index in [2.05, 4.69) is 4.99 Å². The highest BCUT2D eigenvalue weighted by Gasteiger charge is 2.38. The predicted octanol–water partition coefficient (Wildman–Crippen LogP) is 3.12. The number of phenolic OH excluding ortho intramolecular Hbond substituents is 1. The van der Waals surface area contributed by atoms with Crippen molar-refractivity contribution in [2.24, 2.45) is 4.99 Å². The molecule has 1 aliphatic carbocycles. The summed E-state index contributed by atoms with van der Waals surface area (Å²) >= 11 is 0. The van der Waals surface area contributed by atoms with Crippen LogP contribution in [0, 0.1) is 13.8 Å². The molecule has 0 spiro atoms. The Morgan fingerprint density at radius 1 is 1.32 bits per heavy atom. The molecular weight excluding hydrogens is 242 g/mol. The number of isocyanates is 1. The van der Waals surface area contributed by atoms with Crippen LogP contribution in [0.3, 0.4) is 0 Å². The summed E-state index contributed by atoms with van der Waals surface area (Å²) in [5.74, 6) is 0.595. The first-order valence-electron chi connectivity index (χ1n) is 6.52. The maximum Gasteiger partial charge on any atom is 0.235 e. The third kappa shape index (κ3) is 2.13. The summed E-state index contributed by atoms with van der Waals surface area (Å²) in [5.41, 5.74) is 2.32. The van der Waals surface area contributed by atoms with Crippen molar-refractivity contribution in [2.45, 2.75) is 45.1 Å². The smallest absolute Gasteiger partial charge is 0.235 e. The first-order chi connectivity index (χ1) is 9.05. The van der Waals surface area contributed by atoms with E-state index in [9.17, 15) is 9.90 Å². The second-order valence-corrected chi connectivity index (χ2v) is 5.17. The molecule has 1 saturated carbocycles. The highest BCUT2D eigenvalue weighted by atomic mass is 16.5. The maximum absolute atomic E-state index is 10.8. The number of aliphatic imine (C=N–C) groups is 1. The van der Waals surface area contributed by atoms with Crippen molar-refractivity contribution in [2.75, 3.05) is 7.11 Å². The second-order valence-electron chi connectivity index (χ2n) is 5.17. The molecule has 1 fully saturated rings. The van der Waals surface area contributed by atoms with Crippen LogP contribution in [0.4, 0.5) is 0 Å². The molecule has 0 unspecified atom stereocenters. The normalized spacial score (nSPS) is 17.0. The summed E-state index contributed by atoms with van der Waals surface area (Å²) in [7, 11) is 1.54. The molecule has 0 bridgehead atoms. The Balaban J connectivity index is 2.65. The number of benzene rings is 1. The molecule has 2 rings (SSSR count). The molecule has 1 aromatic carbocycles. The third-order valence-electron chi connectivity index (χ3n) is 4.22. The van der Waals surface area contributed by atoms with Gasteiger partial charge in [0.05, 0.1) is 12.6 Å². The van der Waals surface area contributed by atoms with Crippen molar-refractivity contribution in [1.82, 2.24) is 0 Å². The Morgan fingerprint density at radius 2 is 1.95 bits per heavy atom. The number of hydrogen-bond acceptors (Lipinski definition) is 4. The van der Waals surface area contributed by atoms with Gasteiger partial charge >= 0.3 is 0 Å². The molecule has 0 aromatic heterocycles. The quantitative estimate of drug-likeness (QED) is 0.671. The molecule has 1 aliphatic rings. The zero-order valence-corrected chi connectivity index (χ0v) is 11.6. The van der Waals surface area contributed by atoms with E-state index < -0.39 is 5.54 Å². The SMILES string of the molecule is COc1c(O)cc(C2(N=C=O)CCCC2)c(C)c1C. The fraction of sp³-hybridized carbons (Fsp3) is 0.533. The number of hydrogen-bond donors (Lipinski definition) is 1. The first kappa shape index (κ1) is 13.6. The second kappa shape index (κ2) is 5.06. The van der Waals surface area contributed by atoms with Gasteiger partial charge in [0.25, 0.3) is 0 Å². The van der Waals surface area contributed by atoms with E-state index in [1.807, 2.05) is 13.8 Å². The number of rotatable bonds is 3. The Morgan fingerprint density at radius 3 is 2.47 bits per heavy atom. The molecule has 4 heteroatoms. The number of phenols is 1. The van der Waals surface area contributed by atoms with Gasteiger partial charge in [0.2, 0.25) is 6.08 Å². The largest absolute Gasteiger partial charge is 0.504 e. The van der Waals surface area contributed by atoms with Crippen LogP contribution in [0.15, 0.2) is 11.1 Å². The minimum absolute atomic E-state index is 0.105. The molecule has 0 heterocycles. The van der Waals surface area contributed by atoms with E-state index in [0.717, 1.165) is 42.4 Å². The molecule has 0 saturated heterocycles. The van der Waals surface area contributed by atoms with Gasteiger partial charge < -0.3 is 9.84 Å². The van der Waals surface area contributed by atoms with Gasteiger partial charge in [-0.2, -0.15) is 4.99 Å². The third-order valence-corrected chi connectivity index (χ3v) is 4.22. The lowest BCUT2D eigenvalue weighted by Crippen LogP contribution is -2.21. The summed E-state index contributed by atoms with van der Waals surface area (Å²) < 4.78 is 5.21. The van der Waals surface area contributed by atoms with Crippen LogP contribution in [0.25, 0.3) is 0 Å². The Kier molecular flexibility index (Phi) is 3.63. The average molecular weight is 261 g/mol. The van der Waals surface area contributed by atoms with Crippen LogP contribution in [0.2, 0.25) is 0 Å². The Labute approximate surface area is 113 Å². The topological polar surface area (TPSA) is 58.9 Å². The highest BCUT2D eigenvalue weighted by Crippen LogP contribution is 2.47. The van der Waals surface area contributed by atoms with E-state index in [4.69, 9.17) is 4.74 Å². The number of aromatic hydroxyl groups is 1. The van der Waals surface area contributed by atoms with Crippen molar-refractivity contribution in [3.8, 4) is 11.5 Å². The number of ether oxygens (including phenoxy) is 1. The van der Waals surface area contributed by atoms with Gasteiger partial charge in [-0.1, -0.05) is 12.8 Å². The minimum atomic E-state index is -0.514. The molecule has 0 amide bonds. The van der Waals surface area contributed by atoms with Crippen LogP contribution >= 0.6 is 0 Å². The fourth-order valence-electron chi connectivity index (χ4n) is 3.10. The molecule has 19 heavy (non-hydrogen) atoms. The molecule has 102 valence electrons. The number of nitrogens with zero attached hydrogens (tertiary/aromatic N) is 1. The summed E-state index contributed by atoms with van der Waals surface area (Å²) in [4.78, 5) is 14.8. The first-order valence-corrected chi connectivity index (χ1v) is 6.52. The average Bonchev–Trinajstić information content (AvgIpc) is 2.84. The zero-order valence-electron chi connectivity index (χ0n) is 11.6. The molecule has 0 atom stereocenters. The maximum atomic E-state index is 10.8. The van der Waals surface area contributed by atoms with E-state index in [0.29, 0.717) is 5.75 Å². The van der Waals surface area contributed by atoms with Crippen molar-refractivity contribution >= 4 is 6.08 Å². The van der Waals surface area contributed by atoms with Gasteiger partial charge in [-0.05, 0) is 49.4 Å². The molecule has 1 aromatic rings. The number of carbonyl (C=O) groups excluding carboxylic acids is 1. The van der Waals surface area contributed by atoms with Crippen LogP contribution < -0.4 is 4.74 Å². The summed E-state index contributed by atoms with van der Waals surface area (Å²) in [5, 5.41) is 10.1. The van der Waals surface area contributed by atoms with Crippen molar-refractivity contribution in [3.05, 3.63) is 22.8 Å². The van der Waals surface area contributed by atoms with E-state index in [-0.39, 0.29) is 5.75 Å². The van der Waals surface area contributed by atoms with Gasteiger partial charge in [0.15, 0.2) is 11.5 Å². The van der Waals surface area contributed by atoms with Gasteiger partial charge in [-0.15, -0.1) is 0 Å². The molecule has 1 N–H and O–H groups in total. The fourth-order valence-corrected chi connectivity index (χ4v) is 3.10. The van der Waals surface area contributed by atoms with Crippen molar-refractivity contribution < 1.29 is 14.6 Å². The van der Waals surface area contributed by atoms with Gasteiger partial charge in [-0.25, -0.2) is 4.79 Å². The monoisotopic (exact) mass is 261 g/mol. The van der Waals surface area contributed by atoms with E-state index in [1.165, 1.54) is 7.11 Å². The standard InChI is InChI=1S/C15H19NO3/c1-10-11(2)14(19-3)13(18)8-12(10)15(16-9-17)6-4-5-7-15/h8,18H,4-7H2,1-3H3. The van der Waals surface area contributed by atoms with Crippen LogP contribution in [0.1, 0.15) is 42.4 Å². The van der Waals surface area contributed by atoms with E-state index in [1.54, 1.807) is 12.1 Å². The highest BCUT2D eigenvalue weighted by molar-refractivity contribution is 5.55. The van der Waals surface area contributed by atoms with Gasteiger partial charge in [0.1, 0.15) is 0 Å². The molecule has 0 radical (unpaired) electrons. The van der Waals surface area contributed by atoms with Crippen LogP contribution in [0.5, 0.6) is 11.5 Å². The molecule has 0 aliphatic heterocycles. The Bertz CT molecular complexity index is 539.